The van der Waals surface area contributed by atoms with Crippen LogP contribution in [0.4, 0.5) is 0 Å². The predicted octanol–water partition coefficient (Wildman–Crippen LogP) is 2.73. The van der Waals surface area contributed by atoms with Gasteiger partial charge in [0.2, 0.25) is 0 Å². The lowest BCUT2D eigenvalue weighted by molar-refractivity contribution is -0.152. The van der Waals surface area contributed by atoms with E-state index < -0.39 is 0 Å². The van der Waals surface area contributed by atoms with Crippen molar-refractivity contribution >= 4 is 5.97 Å². The van der Waals surface area contributed by atoms with Crippen LogP contribution < -0.4 is 5.73 Å². The first kappa shape index (κ1) is 14.5. The first-order chi connectivity index (χ1) is 8.02. The summed E-state index contributed by atoms with van der Waals surface area (Å²) in [5.74, 6) is 1.80. The summed E-state index contributed by atoms with van der Waals surface area (Å²) in [5.41, 5.74) is 5.52. The number of esters is 1. The minimum absolute atomic E-state index is 0.0444. The highest BCUT2D eigenvalue weighted by molar-refractivity contribution is 5.69. The number of hydrogen-bond donors (Lipinski definition) is 1. The van der Waals surface area contributed by atoms with E-state index in [0.717, 1.165) is 25.2 Å². The zero-order valence-electron chi connectivity index (χ0n) is 11.4. The number of carbonyl (C=O) groups is 1. The van der Waals surface area contributed by atoms with Crippen molar-refractivity contribution in [2.24, 2.45) is 23.5 Å². The van der Waals surface area contributed by atoms with Gasteiger partial charge >= 0.3 is 5.97 Å². The van der Waals surface area contributed by atoms with Crippen LogP contribution in [0.1, 0.15) is 52.9 Å². The van der Waals surface area contributed by atoms with Gasteiger partial charge in [0.1, 0.15) is 6.10 Å². The zero-order valence-corrected chi connectivity index (χ0v) is 11.4. The quantitative estimate of drug-likeness (QED) is 0.753. The number of hydrogen-bond acceptors (Lipinski definition) is 3. The van der Waals surface area contributed by atoms with Gasteiger partial charge in [-0.2, -0.15) is 0 Å². The highest BCUT2D eigenvalue weighted by Crippen LogP contribution is 2.31. The Morgan fingerprint density at radius 2 is 2.06 bits per heavy atom. The molecule has 2 N–H and O–H groups in total. The molecule has 0 aromatic carbocycles. The molecule has 0 amide bonds. The van der Waals surface area contributed by atoms with Crippen LogP contribution in [0, 0.1) is 17.8 Å². The molecule has 0 radical (unpaired) electrons. The largest absolute Gasteiger partial charge is 0.462 e. The lowest BCUT2D eigenvalue weighted by Crippen LogP contribution is -2.28. The molecule has 0 aromatic heterocycles. The van der Waals surface area contributed by atoms with E-state index >= 15 is 0 Å². The maximum atomic E-state index is 11.7. The lowest BCUT2D eigenvalue weighted by Gasteiger charge is -2.31. The molecule has 1 saturated carbocycles. The topological polar surface area (TPSA) is 52.3 Å². The van der Waals surface area contributed by atoms with Gasteiger partial charge in [0.05, 0.1) is 0 Å². The van der Waals surface area contributed by atoms with Crippen LogP contribution in [0.25, 0.3) is 0 Å². The van der Waals surface area contributed by atoms with Crippen LogP contribution >= 0.6 is 0 Å². The third-order valence-electron chi connectivity index (χ3n) is 4.09. The summed E-state index contributed by atoms with van der Waals surface area (Å²) >= 11 is 0. The van der Waals surface area contributed by atoms with E-state index in [2.05, 4.69) is 20.8 Å². The molecule has 0 spiro atoms. The Hall–Kier alpha value is -0.570. The van der Waals surface area contributed by atoms with E-state index in [1.807, 2.05) is 0 Å². The number of nitrogens with two attached hydrogens (primary N) is 1. The summed E-state index contributed by atoms with van der Waals surface area (Å²) < 4.78 is 5.53. The maximum Gasteiger partial charge on any atom is 0.306 e. The third kappa shape index (κ3) is 5.07. The minimum atomic E-state index is -0.0444. The molecule has 1 aliphatic carbocycles. The highest BCUT2D eigenvalue weighted by Gasteiger charge is 2.26. The summed E-state index contributed by atoms with van der Waals surface area (Å²) in [6.07, 6.45) is 4.75. The van der Waals surface area contributed by atoms with Crippen LogP contribution in [0.5, 0.6) is 0 Å². The Kier molecular flexibility index (Phi) is 5.96. The third-order valence-corrected chi connectivity index (χ3v) is 4.09. The monoisotopic (exact) mass is 241 g/mol. The fraction of sp³-hybridized carbons (Fsp3) is 0.929. The molecular formula is C14H27NO2. The van der Waals surface area contributed by atoms with Gasteiger partial charge in [0, 0.05) is 6.42 Å². The van der Waals surface area contributed by atoms with E-state index in [1.54, 1.807) is 0 Å². The Bertz CT molecular complexity index is 242. The first-order valence-corrected chi connectivity index (χ1v) is 6.92. The van der Waals surface area contributed by atoms with Gasteiger partial charge in [0.15, 0.2) is 0 Å². The Morgan fingerprint density at radius 3 is 2.65 bits per heavy atom. The van der Waals surface area contributed by atoms with Gasteiger partial charge in [-0.3, -0.25) is 4.79 Å². The van der Waals surface area contributed by atoms with Crippen molar-refractivity contribution in [2.75, 3.05) is 6.54 Å². The van der Waals surface area contributed by atoms with Gasteiger partial charge in [-0.05, 0) is 50.0 Å². The van der Waals surface area contributed by atoms with Crippen LogP contribution in [-0.2, 0) is 9.53 Å². The van der Waals surface area contributed by atoms with Crippen molar-refractivity contribution in [1.82, 2.24) is 0 Å². The van der Waals surface area contributed by atoms with Crippen molar-refractivity contribution < 1.29 is 9.53 Å². The standard InChI is InChI=1S/C14H27NO2/c1-10(9-15)4-7-14(16)17-13-6-5-11(2)12(3)8-13/h10-13H,4-9,15H2,1-3H3. The molecule has 0 bridgehead atoms. The molecule has 1 aliphatic rings. The molecule has 0 aliphatic heterocycles. The Morgan fingerprint density at radius 1 is 1.35 bits per heavy atom. The molecule has 4 unspecified atom stereocenters. The summed E-state index contributed by atoms with van der Waals surface area (Å²) in [4.78, 5) is 11.7. The molecule has 0 heterocycles. The number of carbonyl (C=O) groups excluding carboxylic acids is 1. The average Bonchev–Trinajstić information content (AvgIpc) is 2.31. The van der Waals surface area contributed by atoms with E-state index in [4.69, 9.17) is 10.5 Å². The summed E-state index contributed by atoms with van der Waals surface area (Å²) in [5, 5.41) is 0. The molecule has 1 rings (SSSR count). The second-order valence-electron chi connectivity index (χ2n) is 5.76. The smallest absolute Gasteiger partial charge is 0.306 e. The van der Waals surface area contributed by atoms with E-state index in [9.17, 15) is 4.79 Å². The van der Waals surface area contributed by atoms with Crippen LogP contribution in [0.3, 0.4) is 0 Å². The second kappa shape index (κ2) is 7.00. The van der Waals surface area contributed by atoms with Crippen molar-refractivity contribution in [1.29, 1.82) is 0 Å². The number of ether oxygens (including phenoxy) is 1. The molecule has 100 valence electrons. The van der Waals surface area contributed by atoms with Gasteiger partial charge < -0.3 is 10.5 Å². The van der Waals surface area contributed by atoms with Gasteiger partial charge in [-0.1, -0.05) is 20.8 Å². The molecule has 0 aromatic rings. The summed E-state index contributed by atoms with van der Waals surface area (Å²) in [7, 11) is 0. The van der Waals surface area contributed by atoms with Gasteiger partial charge in [-0.25, -0.2) is 0 Å². The Labute approximate surface area is 105 Å². The molecule has 1 fully saturated rings. The van der Waals surface area contributed by atoms with Crippen molar-refractivity contribution in [2.45, 2.75) is 59.0 Å². The molecule has 0 saturated heterocycles. The second-order valence-corrected chi connectivity index (χ2v) is 5.76. The first-order valence-electron chi connectivity index (χ1n) is 6.92. The van der Waals surface area contributed by atoms with Crippen molar-refractivity contribution in [3.63, 3.8) is 0 Å². The molecule has 17 heavy (non-hydrogen) atoms. The summed E-state index contributed by atoms with van der Waals surface area (Å²) in [6, 6.07) is 0. The van der Waals surface area contributed by atoms with Crippen molar-refractivity contribution in [3.8, 4) is 0 Å². The fourth-order valence-corrected chi connectivity index (χ4v) is 2.33. The van der Waals surface area contributed by atoms with Gasteiger partial charge in [0.25, 0.3) is 0 Å². The van der Waals surface area contributed by atoms with Crippen LogP contribution in [-0.4, -0.2) is 18.6 Å². The van der Waals surface area contributed by atoms with Crippen LogP contribution in [0.15, 0.2) is 0 Å². The number of rotatable bonds is 5. The zero-order chi connectivity index (χ0) is 12.8. The van der Waals surface area contributed by atoms with E-state index in [0.29, 0.717) is 24.8 Å². The Balaban J connectivity index is 2.22. The SMILES string of the molecule is CC(CN)CCC(=O)OC1CCC(C)C(C)C1. The normalized spacial score (nSPS) is 30.9. The van der Waals surface area contributed by atoms with E-state index in [1.165, 1.54) is 6.42 Å². The average molecular weight is 241 g/mol. The molecule has 3 nitrogen and oxygen atoms in total. The molecule has 4 atom stereocenters. The fourth-order valence-electron chi connectivity index (χ4n) is 2.33. The lowest BCUT2D eigenvalue weighted by atomic mass is 9.80. The predicted molar refractivity (Wildman–Crippen MR) is 69.5 cm³/mol. The van der Waals surface area contributed by atoms with Crippen molar-refractivity contribution in [3.05, 3.63) is 0 Å². The van der Waals surface area contributed by atoms with E-state index in [-0.39, 0.29) is 12.1 Å². The minimum Gasteiger partial charge on any atom is -0.462 e. The summed E-state index contributed by atoms with van der Waals surface area (Å²) in [6.45, 7) is 7.25. The highest BCUT2D eigenvalue weighted by atomic mass is 16.5. The van der Waals surface area contributed by atoms with Crippen LogP contribution in [0.2, 0.25) is 0 Å². The molecular weight excluding hydrogens is 214 g/mol. The molecule has 3 heteroatoms. The van der Waals surface area contributed by atoms with Gasteiger partial charge in [-0.15, -0.1) is 0 Å². The maximum absolute atomic E-state index is 11.7.